The smallest absolute Gasteiger partial charge is 0.247 e. The Morgan fingerprint density at radius 1 is 1.89 bits per heavy atom. The van der Waals surface area contributed by atoms with E-state index in [0.29, 0.717) is 5.75 Å². The van der Waals surface area contributed by atoms with Crippen LogP contribution in [0.2, 0.25) is 0 Å². The second kappa shape index (κ2) is 2.87. The highest BCUT2D eigenvalue weighted by Gasteiger charge is 2.24. The van der Waals surface area contributed by atoms with Crippen LogP contribution in [-0.4, -0.2) is 27.0 Å². The van der Waals surface area contributed by atoms with E-state index in [1.165, 1.54) is 11.8 Å². The van der Waals surface area contributed by atoms with Crippen molar-refractivity contribution < 1.29 is 4.79 Å². The molecule has 0 spiro atoms. The van der Waals surface area contributed by atoms with E-state index >= 15 is 0 Å². The van der Waals surface area contributed by atoms with E-state index in [1.807, 2.05) is 22.9 Å². The molecule has 1 aliphatic heterocycles. The fourth-order valence-corrected chi connectivity index (χ4v) is 2.26. The highest BCUT2D eigenvalue weighted by molar-refractivity contribution is 14.1. The van der Waals surface area contributed by atoms with Crippen molar-refractivity contribution in [2.24, 2.45) is 4.99 Å². The topological polar surface area (TPSA) is 32.7 Å². The highest BCUT2D eigenvalue weighted by Crippen LogP contribution is 2.21. The zero-order valence-electron chi connectivity index (χ0n) is 4.80. The molecule has 50 valence electrons. The Bertz CT molecular complexity index is 170. The molecule has 3 nitrogen and oxygen atoms in total. The summed E-state index contributed by atoms with van der Waals surface area (Å²) in [6, 6.07) is 0. The number of nitrogens with zero attached hydrogens (tertiary/aromatic N) is 2. The number of hydrogen-bond acceptors (Lipinski definition) is 3. The van der Waals surface area contributed by atoms with Crippen LogP contribution in [0.25, 0.3) is 0 Å². The van der Waals surface area contributed by atoms with E-state index in [-0.39, 0.29) is 5.91 Å². The molecule has 0 atom stereocenters. The van der Waals surface area contributed by atoms with Gasteiger partial charge in [-0.2, -0.15) is 0 Å². The van der Waals surface area contributed by atoms with E-state index in [9.17, 15) is 4.79 Å². The average Bonchev–Trinajstić information content (AvgIpc) is 2.15. The van der Waals surface area contributed by atoms with Crippen LogP contribution in [0.5, 0.6) is 0 Å². The third-order valence-electron chi connectivity index (χ3n) is 0.903. The number of carbonyl (C=O) groups excluding carboxylic acids is 1. The van der Waals surface area contributed by atoms with Gasteiger partial charge in [0, 0.05) is 7.05 Å². The van der Waals surface area contributed by atoms with Crippen LogP contribution in [-0.2, 0) is 4.79 Å². The van der Waals surface area contributed by atoms with Gasteiger partial charge in [-0.1, -0.05) is 11.8 Å². The quantitative estimate of drug-likeness (QED) is 0.476. The third-order valence-corrected chi connectivity index (χ3v) is 3.24. The second-order valence-corrected chi connectivity index (χ2v) is 3.38. The molecule has 1 saturated heterocycles. The maximum Gasteiger partial charge on any atom is 0.247 e. The van der Waals surface area contributed by atoms with Gasteiger partial charge in [0.15, 0.2) is 5.17 Å². The lowest BCUT2D eigenvalue weighted by atomic mass is 10.7. The van der Waals surface area contributed by atoms with Gasteiger partial charge in [-0.15, -0.1) is 0 Å². The summed E-state index contributed by atoms with van der Waals surface area (Å²) in [5, 5.41) is 0.806. The first kappa shape index (κ1) is 7.33. The van der Waals surface area contributed by atoms with E-state index < -0.39 is 0 Å². The van der Waals surface area contributed by atoms with Crippen molar-refractivity contribution >= 4 is 45.7 Å². The van der Waals surface area contributed by atoms with Crippen molar-refractivity contribution in [1.29, 1.82) is 0 Å². The molecule has 1 heterocycles. The van der Waals surface area contributed by atoms with E-state index in [2.05, 4.69) is 4.99 Å². The maximum absolute atomic E-state index is 10.8. The number of carbonyl (C=O) groups is 1. The number of halogens is 1. The van der Waals surface area contributed by atoms with E-state index in [4.69, 9.17) is 0 Å². The molecule has 1 amide bonds. The van der Waals surface area contributed by atoms with Crippen molar-refractivity contribution in [1.82, 2.24) is 3.11 Å². The van der Waals surface area contributed by atoms with Crippen molar-refractivity contribution in [2.45, 2.75) is 0 Å². The molecular formula is C4H5IN2OS. The zero-order chi connectivity index (χ0) is 6.85. The van der Waals surface area contributed by atoms with Crippen LogP contribution in [0.1, 0.15) is 0 Å². The Morgan fingerprint density at radius 2 is 2.56 bits per heavy atom. The van der Waals surface area contributed by atoms with Crippen LogP contribution in [0.15, 0.2) is 4.99 Å². The van der Waals surface area contributed by atoms with Crippen LogP contribution in [0.3, 0.4) is 0 Å². The number of hydrogen-bond donors (Lipinski definition) is 0. The molecule has 0 N–H and O–H groups in total. The van der Waals surface area contributed by atoms with Gasteiger partial charge in [-0.05, 0) is 0 Å². The summed E-state index contributed by atoms with van der Waals surface area (Å²) in [6.07, 6.45) is 0. The normalized spacial score (nSPS) is 24.0. The molecule has 1 fully saturated rings. The Balaban J connectivity index is 2.73. The van der Waals surface area contributed by atoms with Gasteiger partial charge < -0.3 is 0 Å². The van der Waals surface area contributed by atoms with Crippen LogP contribution in [0, 0.1) is 0 Å². The van der Waals surface area contributed by atoms with Gasteiger partial charge in [-0.3, -0.25) is 9.79 Å². The number of rotatable bonds is 0. The van der Waals surface area contributed by atoms with Gasteiger partial charge in [0.2, 0.25) is 5.91 Å². The summed E-state index contributed by atoms with van der Waals surface area (Å²) in [6.45, 7) is 0. The van der Waals surface area contributed by atoms with Gasteiger partial charge >= 0.3 is 0 Å². The first-order valence-electron chi connectivity index (χ1n) is 2.34. The lowest BCUT2D eigenvalue weighted by molar-refractivity contribution is -0.119. The van der Waals surface area contributed by atoms with Crippen molar-refractivity contribution in [3.8, 4) is 0 Å². The van der Waals surface area contributed by atoms with Crippen LogP contribution >= 0.6 is 34.6 Å². The largest absolute Gasteiger partial charge is 0.273 e. The summed E-state index contributed by atoms with van der Waals surface area (Å²) < 4.78 is 1.54. The van der Waals surface area contributed by atoms with Crippen LogP contribution in [0.4, 0.5) is 0 Å². The van der Waals surface area contributed by atoms with Gasteiger partial charge in [0.1, 0.15) is 0 Å². The summed E-state index contributed by atoms with van der Waals surface area (Å²) in [5.74, 6) is 0.663. The highest BCUT2D eigenvalue weighted by atomic mass is 127. The Labute approximate surface area is 71.4 Å². The lowest BCUT2D eigenvalue weighted by Crippen LogP contribution is -2.17. The fourth-order valence-electron chi connectivity index (χ4n) is 0.499. The minimum Gasteiger partial charge on any atom is -0.273 e. The molecule has 0 unspecified atom stereocenters. The molecule has 0 aromatic rings. The zero-order valence-corrected chi connectivity index (χ0v) is 7.77. The molecule has 0 radical (unpaired) electrons. The van der Waals surface area contributed by atoms with E-state index in [1.54, 1.807) is 10.2 Å². The molecule has 0 aliphatic carbocycles. The molecule has 0 saturated carbocycles. The summed E-state index contributed by atoms with van der Waals surface area (Å²) in [4.78, 5) is 14.7. The van der Waals surface area contributed by atoms with Crippen molar-refractivity contribution in [3.05, 3.63) is 0 Å². The number of amides is 1. The summed E-state index contributed by atoms with van der Waals surface area (Å²) in [5.41, 5.74) is 0. The van der Waals surface area contributed by atoms with Gasteiger partial charge in [0.05, 0.1) is 28.6 Å². The third kappa shape index (κ3) is 1.37. The molecule has 5 heteroatoms. The maximum atomic E-state index is 10.8. The molecular weight excluding hydrogens is 251 g/mol. The Hall–Kier alpha value is 0.220. The minimum absolute atomic E-state index is 0.126. The SMILES string of the molecule is C/N=C1\SCC(=O)N1I. The minimum atomic E-state index is 0.126. The average molecular weight is 256 g/mol. The van der Waals surface area contributed by atoms with Gasteiger partial charge in [0.25, 0.3) is 0 Å². The van der Waals surface area contributed by atoms with Crippen molar-refractivity contribution in [3.63, 3.8) is 0 Å². The second-order valence-electron chi connectivity index (χ2n) is 1.47. The monoisotopic (exact) mass is 256 g/mol. The number of thioether (sulfide) groups is 1. The predicted octanol–water partition coefficient (Wildman–Crippen LogP) is 0.898. The molecule has 1 rings (SSSR count). The molecule has 1 aliphatic rings. The number of amidine groups is 1. The molecule has 0 aromatic carbocycles. The van der Waals surface area contributed by atoms with Crippen molar-refractivity contribution in [2.75, 3.05) is 12.8 Å². The van der Waals surface area contributed by atoms with E-state index in [0.717, 1.165) is 5.17 Å². The van der Waals surface area contributed by atoms with Gasteiger partial charge in [-0.25, -0.2) is 3.11 Å². The standard InChI is InChI=1S/C4H5IN2OS/c1-6-4-7(5)3(8)2-9-4/h2H2,1H3/b6-4-. The molecule has 0 aromatic heterocycles. The summed E-state index contributed by atoms with van der Waals surface area (Å²) in [7, 11) is 1.69. The predicted molar refractivity (Wildman–Crippen MR) is 46.7 cm³/mol. The lowest BCUT2D eigenvalue weighted by Gasteiger charge is -2.01. The van der Waals surface area contributed by atoms with Crippen LogP contribution < -0.4 is 0 Å². The molecule has 0 bridgehead atoms. The Kier molecular flexibility index (Phi) is 2.34. The summed E-state index contributed by atoms with van der Waals surface area (Å²) >= 11 is 3.43. The first-order valence-corrected chi connectivity index (χ1v) is 4.29. The molecule has 9 heavy (non-hydrogen) atoms. The number of aliphatic imine (C=N–C) groups is 1. The fraction of sp³-hybridized carbons (Fsp3) is 0.500. The Morgan fingerprint density at radius 3 is 2.78 bits per heavy atom. The first-order chi connectivity index (χ1) is 4.25.